The maximum atomic E-state index is 5.57. The monoisotopic (exact) mass is 311 g/mol. The number of thiocarbonyl (C=S) groups is 1. The predicted molar refractivity (Wildman–Crippen MR) is 86.5 cm³/mol. The van der Waals surface area contributed by atoms with E-state index < -0.39 is 0 Å². The Morgan fingerprint density at radius 1 is 1.50 bits per heavy atom. The lowest BCUT2D eigenvalue weighted by Gasteiger charge is -2.15. The SMILES string of the molecule is C[C@@H]1CCc2nc(NC(=S)NC[C@H]3CCCO3)sc2C1. The van der Waals surface area contributed by atoms with E-state index in [1.165, 1.54) is 17.0 Å². The van der Waals surface area contributed by atoms with Crippen molar-refractivity contribution < 1.29 is 4.74 Å². The van der Waals surface area contributed by atoms with Crippen LogP contribution in [0.2, 0.25) is 0 Å². The smallest absolute Gasteiger partial charge is 0.189 e. The minimum absolute atomic E-state index is 0.306. The Bertz CT molecular complexity index is 483. The molecule has 1 aromatic heterocycles. The van der Waals surface area contributed by atoms with Crippen LogP contribution in [0.15, 0.2) is 0 Å². The molecule has 0 aromatic carbocycles. The Balaban J connectivity index is 1.51. The molecular formula is C14H21N3OS2. The van der Waals surface area contributed by atoms with Crippen LogP contribution in [0.4, 0.5) is 5.13 Å². The van der Waals surface area contributed by atoms with E-state index in [1.807, 2.05) is 0 Å². The third kappa shape index (κ3) is 3.48. The predicted octanol–water partition coefficient (Wildman–Crippen LogP) is 2.73. The normalized spacial score (nSPS) is 25.2. The molecule has 1 saturated heterocycles. The number of hydrogen-bond acceptors (Lipinski definition) is 4. The Hall–Kier alpha value is -0.720. The van der Waals surface area contributed by atoms with Gasteiger partial charge in [0.15, 0.2) is 10.2 Å². The number of fused-ring (bicyclic) bond motifs is 1. The number of nitrogens with one attached hydrogen (secondary N) is 2. The molecule has 0 bridgehead atoms. The van der Waals surface area contributed by atoms with E-state index in [0.29, 0.717) is 11.2 Å². The van der Waals surface area contributed by atoms with Gasteiger partial charge in [-0.3, -0.25) is 0 Å². The van der Waals surface area contributed by atoms with Gasteiger partial charge in [-0.05, 0) is 50.2 Å². The molecule has 0 radical (unpaired) electrons. The highest BCUT2D eigenvalue weighted by molar-refractivity contribution is 7.80. The molecule has 3 rings (SSSR count). The number of aromatic nitrogens is 1. The van der Waals surface area contributed by atoms with E-state index in [1.54, 1.807) is 11.3 Å². The zero-order valence-electron chi connectivity index (χ0n) is 11.8. The lowest BCUT2D eigenvalue weighted by molar-refractivity contribution is 0.114. The Morgan fingerprint density at radius 3 is 3.20 bits per heavy atom. The second-order valence-corrected chi connectivity index (χ2v) is 7.20. The van der Waals surface area contributed by atoms with Gasteiger partial charge in [-0.15, -0.1) is 11.3 Å². The first kappa shape index (κ1) is 14.2. The summed E-state index contributed by atoms with van der Waals surface area (Å²) in [6.45, 7) is 3.97. The standard InChI is InChI=1S/C14H21N3OS2/c1-9-4-5-11-12(7-9)20-14(16-11)17-13(19)15-8-10-3-2-6-18-10/h9-10H,2-8H2,1H3,(H2,15,16,17,19)/t9-,10-/m1/s1. The van der Waals surface area contributed by atoms with Crippen molar-refractivity contribution in [1.82, 2.24) is 10.3 Å². The summed E-state index contributed by atoms with van der Waals surface area (Å²) in [6, 6.07) is 0. The average Bonchev–Trinajstić information content (AvgIpc) is 3.04. The molecule has 4 nitrogen and oxygen atoms in total. The molecule has 20 heavy (non-hydrogen) atoms. The zero-order valence-corrected chi connectivity index (χ0v) is 13.4. The fourth-order valence-electron chi connectivity index (χ4n) is 2.75. The van der Waals surface area contributed by atoms with Gasteiger partial charge in [0, 0.05) is 18.0 Å². The van der Waals surface area contributed by atoms with Crippen LogP contribution in [0.3, 0.4) is 0 Å². The second-order valence-electron chi connectivity index (χ2n) is 5.71. The van der Waals surface area contributed by atoms with Crippen LogP contribution in [0.25, 0.3) is 0 Å². The molecular weight excluding hydrogens is 290 g/mol. The molecule has 2 heterocycles. The third-order valence-electron chi connectivity index (χ3n) is 3.92. The Labute approximate surface area is 129 Å². The molecule has 0 spiro atoms. The van der Waals surface area contributed by atoms with Crippen molar-refractivity contribution in [2.75, 3.05) is 18.5 Å². The van der Waals surface area contributed by atoms with Crippen LogP contribution in [0.5, 0.6) is 0 Å². The van der Waals surface area contributed by atoms with Gasteiger partial charge in [-0.2, -0.15) is 0 Å². The van der Waals surface area contributed by atoms with E-state index in [2.05, 4.69) is 22.5 Å². The summed E-state index contributed by atoms with van der Waals surface area (Å²) in [5.74, 6) is 0.778. The van der Waals surface area contributed by atoms with Crippen LogP contribution in [-0.4, -0.2) is 29.4 Å². The highest BCUT2D eigenvalue weighted by Crippen LogP contribution is 2.31. The average molecular weight is 311 g/mol. The van der Waals surface area contributed by atoms with Gasteiger partial charge in [0.05, 0.1) is 11.8 Å². The van der Waals surface area contributed by atoms with Gasteiger partial charge >= 0.3 is 0 Å². The lowest BCUT2D eigenvalue weighted by atomic mass is 9.93. The van der Waals surface area contributed by atoms with Crippen molar-refractivity contribution in [2.45, 2.75) is 45.1 Å². The zero-order chi connectivity index (χ0) is 13.9. The topological polar surface area (TPSA) is 46.2 Å². The van der Waals surface area contributed by atoms with Gasteiger partial charge in [-0.1, -0.05) is 6.92 Å². The fourth-order valence-corrected chi connectivity index (χ4v) is 4.17. The second kappa shape index (κ2) is 6.37. The first-order chi connectivity index (χ1) is 9.70. The molecule has 2 N–H and O–H groups in total. The molecule has 6 heteroatoms. The quantitative estimate of drug-likeness (QED) is 0.841. The van der Waals surface area contributed by atoms with Gasteiger partial charge in [0.25, 0.3) is 0 Å². The Kier molecular flexibility index (Phi) is 4.53. The van der Waals surface area contributed by atoms with Crippen LogP contribution in [0.1, 0.15) is 36.8 Å². The molecule has 1 fully saturated rings. The molecule has 2 atom stereocenters. The van der Waals surface area contributed by atoms with E-state index in [0.717, 1.165) is 49.9 Å². The summed E-state index contributed by atoms with van der Waals surface area (Å²) in [5, 5.41) is 8.01. The summed E-state index contributed by atoms with van der Waals surface area (Å²) >= 11 is 7.07. The molecule has 1 aliphatic carbocycles. The molecule has 0 saturated carbocycles. The maximum absolute atomic E-state index is 5.57. The van der Waals surface area contributed by atoms with Gasteiger partial charge in [0.1, 0.15) is 0 Å². The number of ether oxygens (including phenoxy) is 1. The first-order valence-electron chi connectivity index (χ1n) is 7.35. The molecule has 0 unspecified atom stereocenters. The van der Waals surface area contributed by atoms with E-state index >= 15 is 0 Å². The van der Waals surface area contributed by atoms with E-state index in [-0.39, 0.29) is 0 Å². The number of thiazole rings is 1. The maximum Gasteiger partial charge on any atom is 0.189 e. The van der Waals surface area contributed by atoms with Gasteiger partial charge < -0.3 is 15.4 Å². The summed E-state index contributed by atoms with van der Waals surface area (Å²) in [4.78, 5) is 6.08. The van der Waals surface area contributed by atoms with Crippen molar-refractivity contribution in [3.8, 4) is 0 Å². The largest absolute Gasteiger partial charge is 0.376 e. The highest BCUT2D eigenvalue weighted by atomic mass is 32.1. The highest BCUT2D eigenvalue weighted by Gasteiger charge is 2.20. The molecule has 110 valence electrons. The molecule has 0 amide bonds. The Morgan fingerprint density at radius 2 is 2.40 bits per heavy atom. The number of hydrogen-bond donors (Lipinski definition) is 2. The van der Waals surface area contributed by atoms with Gasteiger partial charge in [-0.25, -0.2) is 4.98 Å². The number of anilines is 1. The first-order valence-corrected chi connectivity index (χ1v) is 8.58. The van der Waals surface area contributed by atoms with Crippen LogP contribution < -0.4 is 10.6 Å². The summed E-state index contributed by atoms with van der Waals surface area (Å²) in [6.07, 6.45) is 6.09. The molecule has 2 aliphatic rings. The van der Waals surface area contributed by atoms with Crippen LogP contribution in [-0.2, 0) is 17.6 Å². The van der Waals surface area contributed by atoms with Crippen molar-refractivity contribution in [2.24, 2.45) is 5.92 Å². The number of aryl methyl sites for hydroxylation is 1. The van der Waals surface area contributed by atoms with Crippen LogP contribution in [0, 0.1) is 5.92 Å². The van der Waals surface area contributed by atoms with Crippen molar-refractivity contribution in [1.29, 1.82) is 0 Å². The lowest BCUT2D eigenvalue weighted by Crippen LogP contribution is -2.34. The van der Waals surface area contributed by atoms with Crippen molar-refractivity contribution in [3.05, 3.63) is 10.6 Å². The molecule has 1 aromatic rings. The van der Waals surface area contributed by atoms with Gasteiger partial charge in [0.2, 0.25) is 0 Å². The summed E-state index contributed by atoms with van der Waals surface area (Å²) in [5.41, 5.74) is 1.26. The minimum atomic E-state index is 0.306. The van der Waals surface area contributed by atoms with E-state index in [9.17, 15) is 0 Å². The molecule has 1 aliphatic heterocycles. The summed E-state index contributed by atoms with van der Waals surface area (Å²) < 4.78 is 5.57. The third-order valence-corrected chi connectivity index (χ3v) is 5.20. The van der Waals surface area contributed by atoms with Crippen molar-refractivity contribution in [3.63, 3.8) is 0 Å². The summed E-state index contributed by atoms with van der Waals surface area (Å²) in [7, 11) is 0. The number of nitrogens with zero attached hydrogens (tertiary/aromatic N) is 1. The van der Waals surface area contributed by atoms with E-state index in [4.69, 9.17) is 17.0 Å². The number of rotatable bonds is 3. The van der Waals surface area contributed by atoms with Crippen LogP contribution >= 0.6 is 23.6 Å². The van der Waals surface area contributed by atoms with Crippen molar-refractivity contribution >= 4 is 33.8 Å². The minimum Gasteiger partial charge on any atom is -0.376 e. The fraction of sp³-hybridized carbons (Fsp3) is 0.714.